The molecule has 6 heteroatoms. The number of amides is 3. The number of benzene rings is 1. The van der Waals surface area contributed by atoms with E-state index in [4.69, 9.17) is 11.6 Å². The van der Waals surface area contributed by atoms with Gasteiger partial charge in [-0.25, -0.2) is 4.79 Å². The van der Waals surface area contributed by atoms with Gasteiger partial charge in [0.15, 0.2) is 0 Å². The van der Waals surface area contributed by atoms with Crippen LogP contribution in [-0.2, 0) is 4.79 Å². The summed E-state index contributed by atoms with van der Waals surface area (Å²) in [6, 6.07) is 6.91. The van der Waals surface area contributed by atoms with Crippen molar-refractivity contribution >= 4 is 29.2 Å². The summed E-state index contributed by atoms with van der Waals surface area (Å²) in [6.07, 6.45) is 3.37. The molecule has 0 bridgehead atoms. The van der Waals surface area contributed by atoms with Gasteiger partial charge in [0.05, 0.1) is 0 Å². The van der Waals surface area contributed by atoms with Crippen LogP contribution < -0.4 is 5.32 Å². The number of carbonyl (C=O) groups excluding carboxylic acids is 2. The Labute approximate surface area is 142 Å². The smallest absolute Gasteiger partial charge is 0.321 e. The molecule has 1 aromatic rings. The molecule has 1 aliphatic heterocycles. The van der Waals surface area contributed by atoms with Gasteiger partial charge in [0.2, 0.25) is 5.91 Å². The number of rotatable bonds is 4. The van der Waals surface area contributed by atoms with Gasteiger partial charge in [0.25, 0.3) is 0 Å². The molecule has 2 rings (SSSR count). The minimum Gasteiger partial charge on any atom is -0.341 e. The lowest BCUT2D eigenvalue weighted by atomic mass is 10.2. The number of anilines is 1. The molecule has 1 N–H and O–H groups in total. The van der Waals surface area contributed by atoms with E-state index in [1.807, 2.05) is 4.90 Å². The van der Waals surface area contributed by atoms with Crippen molar-refractivity contribution in [2.45, 2.75) is 32.6 Å². The van der Waals surface area contributed by atoms with E-state index < -0.39 is 0 Å². The third-order valence-electron chi connectivity index (χ3n) is 3.98. The van der Waals surface area contributed by atoms with E-state index in [1.165, 1.54) is 0 Å². The molecular weight excluding hydrogens is 314 g/mol. The predicted molar refractivity (Wildman–Crippen MR) is 92.8 cm³/mol. The largest absolute Gasteiger partial charge is 0.341 e. The second kappa shape index (κ2) is 8.77. The summed E-state index contributed by atoms with van der Waals surface area (Å²) in [5, 5.41) is 3.51. The molecule has 1 fully saturated rings. The third-order valence-corrected chi connectivity index (χ3v) is 4.23. The van der Waals surface area contributed by atoms with Gasteiger partial charge >= 0.3 is 6.03 Å². The summed E-state index contributed by atoms with van der Waals surface area (Å²) in [7, 11) is 0. The van der Waals surface area contributed by atoms with Crippen LogP contribution >= 0.6 is 11.6 Å². The maximum atomic E-state index is 12.3. The highest BCUT2D eigenvalue weighted by atomic mass is 35.5. The Bertz CT molecular complexity index is 533. The van der Waals surface area contributed by atoms with Crippen molar-refractivity contribution < 1.29 is 9.59 Å². The molecule has 0 radical (unpaired) electrons. The highest BCUT2D eigenvalue weighted by Crippen LogP contribution is 2.14. The first-order chi connectivity index (χ1) is 11.1. The predicted octanol–water partition coefficient (Wildman–Crippen LogP) is 3.60. The number of nitrogens with one attached hydrogen (secondary N) is 1. The van der Waals surface area contributed by atoms with Crippen LogP contribution in [0.4, 0.5) is 10.5 Å². The molecule has 5 nitrogen and oxygen atoms in total. The summed E-state index contributed by atoms with van der Waals surface area (Å²) in [4.78, 5) is 28.1. The van der Waals surface area contributed by atoms with E-state index in [1.54, 1.807) is 29.2 Å². The lowest BCUT2D eigenvalue weighted by Gasteiger charge is -2.22. The molecule has 0 spiro atoms. The van der Waals surface area contributed by atoms with E-state index in [-0.39, 0.29) is 11.9 Å². The average molecular weight is 338 g/mol. The fourth-order valence-corrected chi connectivity index (χ4v) is 2.72. The zero-order valence-corrected chi connectivity index (χ0v) is 14.3. The number of nitrogens with zero attached hydrogens (tertiary/aromatic N) is 2. The molecule has 1 aliphatic rings. The summed E-state index contributed by atoms with van der Waals surface area (Å²) in [6.45, 7) is 4.65. The molecule has 1 aromatic carbocycles. The van der Waals surface area contributed by atoms with E-state index in [0.717, 1.165) is 31.5 Å². The van der Waals surface area contributed by atoms with E-state index in [9.17, 15) is 9.59 Å². The molecule has 0 unspecified atom stereocenters. The van der Waals surface area contributed by atoms with Crippen molar-refractivity contribution in [2.75, 3.05) is 31.5 Å². The van der Waals surface area contributed by atoms with Gasteiger partial charge in [-0.15, -0.1) is 0 Å². The van der Waals surface area contributed by atoms with Crippen LogP contribution in [0.2, 0.25) is 5.02 Å². The van der Waals surface area contributed by atoms with Crippen molar-refractivity contribution in [1.82, 2.24) is 9.80 Å². The number of hydrogen-bond donors (Lipinski definition) is 1. The normalized spacial score (nSPS) is 15.2. The lowest BCUT2D eigenvalue weighted by molar-refractivity contribution is -0.131. The first-order valence-electron chi connectivity index (χ1n) is 8.19. The molecule has 3 amide bonds. The fourth-order valence-electron chi connectivity index (χ4n) is 2.59. The number of halogens is 1. The van der Waals surface area contributed by atoms with Gasteiger partial charge in [0, 0.05) is 43.3 Å². The van der Waals surface area contributed by atoms with Crippen LogP contribution in [0.25, 0.3) is 0 Å². The zero-order valence-electron chi connectivity index (χ0n) is 13.6. The van der Waals surface area contributed by atoms with Crippen LogP contribution in [0.1, 0.15) is 32.6 Å². The number of unbranched alkanes of at least 4 members (excludes halogenated alkanes) is 1. The standard InChI is InChI=1S/C17H24ClN3O2/c1-2-3-5-16(22)20-10-4-11-21(13-12-20)17(23)19-15-8-6-14(18)7-9-15/h6-9H,2-5,10-13H2,1H3,(H,19,23). The van der Waals surface area contributed by atoms with E-state index in [0.29, 0.717) is 31.1 Å². The minimum absolute atomic E-state index is 0.129. The van der Waals surface area contributed by atoms with Crippen LogP contribution in [0.5, 0.6) is 0 Å². The molecule has 1 heterocycles. The highest BCUT2D eigenvalue weighted by Gasteiger charge is 2.21. The summed E-state index contributed by atoms with van der Waals surface area (Å²) >= 11 is 5.84. The Morgan fingerprint density at radius 1 is 1.09 bits per heavy atom. The Hall–Kier alpha value is -1.75. The van der Waals surface area contributed by atoms with Crippen molar-refractivity contribution in [3.63, 3.8) is 0 Å². The molecule has 23 heavy (non-hydrogen) atoms. The Kier molecular flexibility index (Phi) is 6.71. The van der Waals surface area contributed by atoms with Gasteiger partial charge < -0.3 is 15.1 Å². The van der Waals surface area contributed by atoms with Crippen molar-refractivity contribution in [1.29, 1.82) is 0 Å². The second-order valence-electron chi connectivity index (χ2n) is 5.76. The first-order valence-corrected chi connectivity index (χ1v) is 8.57. The average Bonchev–Trinajstić information content (AvgIpc) is 2.81. The van der Waals surface area contributed by atoms with Gasteiger partial charge in [0.1, 0.15) is 0 Å². The molecule has 0 atom stereocenters. The van der Waals surface area contributed by atoms with Crippen LogP contribution in [0.15, 0.2) is 24.3 Å². The monoisotopic (exact) mass is 337 g/mol. The summed E-state index contributed by atoms with van der Waals surface area (Å²) in [5.74, 6) is 0.201. The van der Waals surface area contributed by atoms with Gasteiger partial charge in [-0.3, -0.25) is 4.79 Å². The molecule has 1 saturated heterocycles. The molecule has 0 aliphatic carbocycles. The molecular formula is C17H24ClN3O2. The van der Waals surface area contributed by atoms with Crippen molar-refractivity contribution in [3.05, 3.63) is 29.3 Å². The van der Waals surface area contributed by atoms with Crippen LogP contribution in [0.3, 0.4) is 0 Å². The zero-order chi connectivity index (χ0) is 16.7. The topological polar surface area (TPSA) is 52.7 Å². The van der Waals surface area contributed by atoms with Crippen molar-refractivity contribution in [3.8, 4) is 0 Å². The SMILES string of the molecule is CCCCC(=O)N1CCCN(C(=O)Nc2ccc(Cl)cc2)CC1. The fraction of sp³-hybridized carbons (Fsp3) is 0.529. The van der Waals surface area contributed by atoms with Crippen LogP contribution in [0, 0.1) is 0 Å². The minimum atomic E-state index is -0.129. The van der Waals surface area contributed by atoms with Crippen LogP contribution in [-0.4, -0.2) is 47.9 Å². The van der Waals surface area contributed by atoms with Crippen molar-refractivity contribution in [2.24, 2.45) is 0 Å². The van der Waals surface area contributed by atoms with E-state index >= 15 is 0 Å². The Balaban J connectivity index is 1.85. The van der Waals surface area contributed by atoms with Gasteiger partial charge in [-0.2, -0.15) is 0 Å². The lowest BCUT2D eigenvalue weighted by Crippen LogP contribution is -2.39. The van der Waals surface area contributed by atoms with E-state index in [2.05, 4.69) is 12.2 Å². The Morgan fingerprint density at radius 3 is 2.43 bits per heavy atom. The maximum Gasteiger partial charge on any atom is 0.321 e. The van der Waals surface area contributed by atoms with Gasteiger partial charge in [-0.1, -0.05) is 24.9 Å². The Morgan fingerprint density at radius 2 is 1.74 bits per heavy atom. The molecule has 0 saturated carbocycles. The summed E-state index contributed by atoms with van der Waals surface area (Å²) < 4.78 is 0. The summed E-state index contributed by atoms with van der Waals surface area (Å²) in [5.41, 5.74) is 0.722. The molecule has 126 valence electrons. The first kappa shape index (κ1) is 17.6. The second-order valence-corrected chi connectivity index (χ2v) is 6.20. The number of carbonyl (C=O) groups is 2. The molecule has 0 aromatic heterocycles. The number of urea groups is 1. The quantitative estimate of drug-likeness (QED) is 0.912. The number of hydrogen-bond acceptors (Lipinski definition) is 2. The third kappa shape index (κ3) is 5.43. The van der Waals surface area contributed by atoms with Gasteiger partial charge in [-0.05, 0) is 37.1 Å². The highest BCUT2D eigenvalue weighted by molar-refractivity contribution is 6.30. The maximum absolute atomic E-state index is 12.3.